The third kappa shape index (κ3) is 2.04. The highest BCUT2D eigenvalue weighted by atomic mass is 79.9. The van der Waals surface area contributed by atoms with Crippen LogP contribution in [0.1, 0.15) is 10.5 Å². The van der Waals surface area contributed by atoms with E-state index >= 15 is 0 Å². The fourth-order valence-corrected chi connectivity index (χ4v) is 1.23. The van der Waals surface area contributed by atoms with Gasteiger partial charge in [0, 0.05) is 18.6 Å². The van der Waals surface area contributed by atoms with Gasteiger partial charge in [-0.2, -0.15) is 0 Å². The number of anilines is 1. The SMILES string of the molecule is CN(C)c1cc(Br)cc(C=O)n1. The van der Waals surface area contributed by atoms with Gasteiger partial charge in [-0.05, 0) is 12.1 Å². The van der Waals surface area contributed by atoms with Crippen molar-refractivity contribution in [2.24, 2.45) is 0 Å². The third-order valence-corrected chi connectivity index (χ3v) is 1.83. The highest BCUT2D eigenvalue weighted by molar-refractivity contribution is 9.10. The molecule has 64 valence electrons. The van der Waals surface area contributed by atoms with Gasteiger partial charge >= 0.3 is 0 Å². The van der Waals surface area contributed by atoms with Crippen LogP contribution in [-0.2, 0) is 0 Å². The van der Waals surface area contributed by atoms with E-state index in [9.17, 15) is 4.79 Å². The standard InChI is InChI=1S/C8H9BrN2O/c1-11(2)8-4-6(9)3-7(5-12)10-8/h3-5H,1-2H3. The van der Waals surface area contributed by atoms with Crippen LogP contribution in [0.25, 0.3) is 0 Å². The van der Waals surface area contributed by atoms with Crippen molar-refractivity contribution in [3.63, 3.8) is 0 Å². The number of aldehydes is 1. The lowest BCUT2D eigenvalue weighted by Crippen LogP contribution is -2.11. The minimum Gasteiger partial charge on any atom is -0.363 e. The Morgan fingerprint density at radius 3 is 2.67 bits per heavy atom. The fourth-order valence-electron chi connectivity index (χ4n) is 0.793. The smallest absolute Gasteiger partial charge is 0.168 e. The van der Waals surface area contributed by atoms with Crippen molar-refractivity contribution in [2.45, 2.75) is 0 Å². The number of rotatable bonds is 2. The first-order valence-corrected chi connectivity index (χ1v) is 4.23. The number of pyridine rings is 1. The molecule has 12 heavy (non-hydrogen) atoms. The average Bonchev–Trinajstić information content (AvgIpc) is 2.03. The summed E-state index contributed by atoms with van der Waals surface area (Å²) in [5.74, 6) is 0.770. The van der Waals surface area contributed by atoms with Crippen molar-refractivity contribution in [1.29, 1.82) is 0 Å². The molecule has 0 aliphatic heterocycles. The van der Waals surface area contributed by atoms with Crippen molar-refractivity contribution in [3.05, 3.63) is 22.3 Å². The molecule has 0 aliphatic carbocycles. The highest BCUT2D eigenvalue weighted by Crippen LogP contribution is 2.16. The Labute approximate surface area is 79.5 Å². The van der Waals surface area contributed by atoms with Crippen molar-refractivity contribution in [3.8, 4) is 0 Å². The molecule has 0 N–H and O–H groups in total. The lowest BCUT2D eigenvalue weighted by molar-refractivity contribution is 0.111. The Bertz CT molecular complexity index is 299. The molecule has 3 nitrogen and oxygen atoms in total. The van der Waals surface area contributed by atoms with Crippen LogP contribution in [0.3, 0.4) is 0 Å². The molecule has 0 atom stereocenters. The number of hydrogen-bond acceptors (Lipinski definition) is 3. The van der Waals surface area contributed by atoms with Gasteiger partial charge in [-0.1, -0.05) is 15.9 Å². The zero-order valence-corrected chi connectivity index (χ0v) is 8.50. The van der Waals surface area contributed by atoms with Crippen LogP contribution in [-0.4, -0.2) is 25.4 Å². The van der Waals surface area contributed by atoms with E-state index in [-0.39, 0.29) is 0 Å². The quantitative estimate of drug-likeness (QED) is 0.724. The van der Waals surface area contributed by atoms with Crippen LogP contribution in [0.2, 0.25) is 0 Å². The predicted octanol–water partition coefficient (Wildman–Crippen LogP) is 1.72. The second-order valence-electron chi connectivity index (χ2n) is 2.58. The number of carbonyl (C=O) groups excluding carboxylic acids is 1. The summed E-state index contributed by atoms with van der Waals surface area (Å²) in [7, 11) is 3.76. The van der Waals surface area contributed by atoms with Crippen LogP contribution in [0.4, 0.5) is 5.82 Å². The minimum atomic E-state index is 0.438. The second kappa shape index (κ2) is 3.67. The molecule has 0 fully saturated rings. The molecule has 1 heterocycles. The van der Waals surface area contributed by atoms with E-state index in [1.807, 2.05) is 25.1 Å². The third-order valence-electron chi connectivity index (χ3n) is 1.38. The van der Waals surface area contributed by atoms with E-state index in [2.05, 4.69) is 20.9 Å². The number of aromatic nitrogens is 1. The van der Waals surface area contributed by atoms with E-state index in [1.165, 1.54) is 0 Å². The Kier molecular flexibility index (Phi) is 2.81. The number of nitrogens with zero attached hydrogens (tertiary/aromatic N) is 2. The van der Waals surface area contributed by atoms with Gasteiger partial charge in [0.2, 0.25) is 0 Å². The van der Waals surface area contributed by atoms with Gasteiger partial charge in [0.05, 0.1) is 0 Å². The van der Waals surface area contributed by atoms with Gasteiger partial charge in [0.1, 0.15) is 11.5 Å². The summed E-state index contributed by atoms with van der Waals surface area (Å²) in [6.45, 7) is 0. The maximum absolute atomic E-state index is 10.4. The maximum Gasteiger partial charge on any atom is 0.168 e. The number of hydrogen-bond donors (Lipinski definition) is 0. The molecule has 0 bridgehead atoms. The van der Waals surface area contributed by atoms with Gasteiger partial charge in [0.15, 0.2) is 6.29 Å². The number of halogens is 1. The Morgan fingerprint density at radius 2 is 2.17 bits per heavy atom. The molecule has 0 amide bonds. The van der Waals surface area contributed by atoms with Crippen molar-refractivity contribution in [1.82, 2.24) is 4.98 Å². The van der Waals surface area contributed by atoms with Crippen LogP contribution in [0, 0.1) is 0 Å². The molecule has 0 saturated heterocycles. The molecule has 0 aromatic carbocycles. The molecule has 0 spiro atoms. The van der Waals surface area contributed by atoms with E-state index < -0.39 is 0 Å². The second-order valence-corrected chi connectivity index (χ2v) is 3.50. The lowest BCUT2D eigenvalue weighted by Gasteiger charge is -2.11. The van der Waals surface area contributed by atoms with Crippen LogP contribution in [0.5, 0.6) is 0 Å². The summed E-state index contributed by atoms with van der Waals surface area (Å²) < 4.78 is 0.864. The van der Waals surface area contributed by atoms with Crippen LogP contribution in [0.15, 0.2) is 16.6 Å². The van der Waals surface area contributed by atoms with Crippen molar-refractivity contribution in [2.75, 3.05) is 19.0 Å². The highest BCUT2D eigenvalue weighted by Gasteiger charge is 2.01. The van der Waals surface area contributed by atoms with Crippen molar-refractivity contribution < 1.29 is 4.79 Å². The van der Waals surface area contributed by atoms with Crippen LogP contribution >= 0.6 is 15.9 Å². The Morgan fingerprint density at radius 1 is 1.50 bits per heavy atom. The van der Waals surface area contributed by atoms with E-state index in [0.717, 1.165) is 16.6 Å². The van der Waals surface area contributed by atoms with E-state index in [4.69, 9.17) is 0 Å². The summed E-state index contributed by atoms with van der Waals surface area (Å²) in [4.78, 5) is 16.4. The average molecular weight is 229 g/mol. The minimum absolute atomic E-state index is 0.438. The molecule has 1 aromatic heterocycles. The molecule has 4 heteroatoms. The molecular weight excluding hydrogens is 220 g/mol. The van der Waals surface area contributed by atoms with E-state index in [0.29, 0.717) is 5.69 Å². The summed E-state index contributed by atoms with van der Waals surface area (Å²) in [5, 5.41) is 0. The Balaban J connectivity index is 3.14. The monoisotopic (exact) mass is 228 g/mol. The first-order chi connectivity index (χ1) is 5.63. The van der Waals surface area contributed by atoms with E-state index in [1.54, 1.807) is 6.07 Å². The normalized spacial score (nSPS) is 9.58. The molecule has 0 radical (unpaired) electrons. The topological polar surface area (TPSA) is 33.2 Å². The largest absolute Gasteiger partial charge is 0.363 e. The maximum atomic E-state index is 10.4. The molecule has 1 aromatic rings. The molecule has 1 rings (SSSR count). The van der Waals surface area contributed by atoms with Gasteiger partial charge in [-0.3, -0.25) is 4.79 Å². The zero-order chi connectivity index (χ0) is 9.14. The number of carbonyl (C=O) groups is 1. The van der Waals surface area contributed by atoms with Gasteiger partial charge in [-0.15, -0.1) is 0 Å². The summed E-state index contributed by atoms with van der Waals surface area (Å²) in [6, 6.07) is 3.53. The van der Waals surface area contributed by atoms with Crippen LogP contribution < -0.4 is 4.90 Å². The molecule has 0 saturated carbocycles. The summed E-state index contributed by atoms with van der Waals surface area (Å²) in [6.07, 6.45) is 0.734. The summed E-state index contributed by atoms with van der Waals surface area (Å²) >= 11 is 3.30. The predicted molar refractivity (Wildman–Crippen MR) is 51.7 cm³/mol. The van der Waals surface area contributed by atoms with Gasteiger partial charge < -0.3 is 4.90 Å². The van der Waals surface area contributed by atoms with Gasteiger partial charge in [-0.25, -0.2) is 4.98 Å². The van der Waals surface area contributed by atoms with Crippen molar-refractivity contribution >= 4 is 28.0 Å². The lowest BCUT2D eigenvalue weighted by atomic mass is 10.3. The molecular formula is C8H9BrN2O. The summed E-state index contributed by atoms with van der Waals surface area (Å²) in [5.41, 5.74) is 0.438. The van der Waals surface area contributed by atoms with Gasteiger partial charge in [0.25, 0.3) is 0 Å². The first kappa shape index (κ1) is 9.19. The fraction of sp³-hybridized carbons (Fsp3) is 0.250. The molecule has 0 aliphatic rings. The first-order valence-electron chi connectivity index (χ1n) is 3.43. The molecule has 0 unspecified atom stereocenters. The zero-order valence-electron chi connectivity index (χ0n) is 6.91. The Hall–Kier alpha value is -0.900.